The van der Waals surface area contributed by atoms with Gasteiger partial charge in [0.15, 0.2) is 0 Å². The predicted molar refractivity (Wildman–Crippen MR) is 278 cm³/mol. The number of unbranched alkanes of at least 4 members (excludes halogenated alkanes) is 26. The molecule has 0 aromatic carbocycles. The van der Waals surface area contributed by atoms with Crippen molar-refractivity contribution < 1.29 is 18.1 Å². The quantitative estimate of drug-likeness (QED) is 0.0350. The molecule has 0 amide bonds. The molecule has 4 nitrogen and oxygen atoms in total. The zero-order chi connectivity index (χ0) is 45.9. The number of hydrogen-bond acceptors (Lipinski definition) is 4. The molecule has 0 spiro atoms. The average Bonchev–Trinajstić information content (AvgIpc) is 3.63. The van der Waals surface area contributed by atoms with E-state index in [1.807, 2.05) is 0 Å². The van der Waals surface area contributed by atoms with Crippen molar-refractivity contribution in [2.45, 2.75) is 305 Å². The number of fused-ring (bicyclic) bond motifs is 5. The van der Waals surface area contributed by atoms with Crippen LogP contribution in [0.3, 0.4) is 0 Å². The zero-order valence-electron chi connectivity index (χ0n) is 44.2. The molecule has 0 heterocycles. The van der Waals surface area contributed by atoms with Gasteiger partial charge in [-0.25, -0.2) is 4.57 Å². The van der Waals surface area contributed by atoms with Crippen LogP contribution < -0.4 is 0 Å². The fourth-order valence-electron chi connectivity index (χ4n) is 14.0. The number of phosphoric ester groups is 1. The van der Waals surface area contributed by atoms with Gasteiger partial charge < -0.3 is 0 Å². The Morgan fingerprint density at radius 2 is 1.03 bits per heavy atom. The van der Waals surface area contributed by atoms with Crippen LogP contribution in [0.1, 0.15) is 299 Å². The topological polar surface area (TPSA) is 44.8 Å². The van der Waals surface area contributed by atoms with Crippen LogP contribution in [0.4, 0.5) is 0 Å². The molecule has 8 atom stereocenters. The minimum absolute atomic E-state index is 0.0780. The molecule has 0 radical (unpaired) electrons. The van der Waals surface area contributed by atoms with Gasteiger partial charge in [-0.2, -0.15) is 0 Å². The second-order valence-corrected chi connectivity index (χ2v) is 25.2. The Balaban J connectivity index is 1.21. The summed E-state index contributed by atoms with van der Waals surface area (Å²) >= 11 is 0. The van der Waals surface area contributed by atoms with Crippen molar-refractivity contribution in [3.05, 3.63) is 11.6 Å². The molecular formula is C59H111O4P. The van der Waals surface area contributed by atoms with Gasteiger partial charge in [-0.15, -0.1) is 0 Å². The fourth-order valence-corrected chi connectivity index (χ4v) is 15.4. The molecule has 376 valence electrons. The summed E-state index contributed by atoms with van der Waals surface area (Å²) in [7, 11) is -3.64. The van der Waals surface area contributed by atoms with E-state index in [9.17, 15) is 4.57 Å². The van der Waals surface area contributed by atoms with Crippen LogP contribution in [0.15, 0.2) is 11.6 Å². The lowest BCUT2D eigenvalue weighted by Crippen LogP contribution is -2.51. The van der Waals surface area contributed by atoms with Crippen molar-refractivity contribution in [3.63, 3.8) is 0 Å². The number of rotatable bonds is 39. The van der Waals surface area contributed by atoms with Crippen LogP contribution in [0, 0.1) is 46.3 Å². The van der Waals surface area contributed by atoms with E-state index in [1.165, 1.54) is 205 Å². The summed E-state index contributed by atoms with van der Waals surface area (Å²) in [4.78, 5) is 0. The lowest BCUT2D eigenvalue weighted by atomic mass is 9.47. The smallest absolute Gasteiger partial charge is 0.287 e. The summed E-state index contributed by atoms with van der Waals surface area (Å²) in [6, 6.07) is 0. The highest BCUT2D eigenvalue weighted by Gasteiger charge is 2.59. The van der Waals surface area contributed by atoms with Gasteiger partial charge in [0.1, 0.15) is 0 Å². The number of phosphoric acid groups is 1. The van der Waals surface area contributed by atoms with Crippen molar-refractivity contribution in [1.29, 1.82) is 0 Å². The molecule has 0 aliphatic heterocycles. The molecular weight excluding hydrogens is 804 g/mol. The van der Waals surface area contributed by atoms with E-state index in [1.54, 1.807) is 5.57 Å². The molecule has 0 aromatic heterocycles. The van der Waals surface area contributed by atoms with Gasteiger partial charge in [0.25, 0.3) is 0 Å². The molecule has 0 aromatic rings. The first-order valence-corrected chi connectivity index (χ1v) is 30.8. The van der Waals surface area contributed by atoms with Crippen LogP contribution in [-0.4, -0.2) is 19.3 Å². The predicted octanol–water partition coefficient (Wildman–Crippen LogP) is 20.5. The maximum absolute atomic E-state index is 14.5. The Labute approximate surface area is 400 Å². The highest BCUT2D eigenvalue weighted by Crippen LogP contribution is 2.68. The average molecular weight is 916 g/mol. The Kier molecular flexibility index (Phi) is 28.1. The monoisotopic (exact) mass is 915 g/mol. The lowest BCUT2D eigenvalue weighted by Gasteiger charge is -2.58. The molecule has 4 aliphatic rings. The third-order valence-electron chi connectivity index (χ3n) is 18.0. The number of allylic oxidation sites excluding steroid dienone is 1. The van der Waals surface area contributed by atoms with E-state index in [-0.39, 0.29) is 11.5 Å². The summed E-state index contributed by atoms with van der Waals surface area (Å²) in [5.41, 5.74) is 2.36. The molecule has 64 heavy (non-hydrogen) atoms. The van der Waals surface area contributed by atoms with E-state index in [2.05, 4.69) is 54.5 Å². The molecule has 4 rings (SSSR count). The third kappa shape index (κ3) is 19.3. The Bertz CT molecular complexity index is 1230. The molecule has 0 saturated heterocycles. The van der Waals surface area contributed by atoms with Crippen LogP contribution in [0.2, 0.25) is 0 Å². The van der Waals surface area contributed by atoms with Crippen LogP contribution in [0.25, 0.3) is 0 Å². The van der Waals surface area contributed by atoms with Gasteiger partial charge in [0.05, 0.1) is 19.3 Å². The van der Waals surface area contributed by atoms with E-state index in [0.29, 0.717) is 18.6 Å². The van der Waals surface area contributed by atoms with Crippen molar-refractivity contribution in [2.24, 2.45) is 46.3 Å². The van der Waals surface area contributed by atoms with Crippen LogP contribution in [-0.2, 0) is 18.1 Å². The van der Waals surface area contributed by atoms with Gasteiger partial charge in [0.2, 0.25) is 0 Å². The zero-order valence-corrected chi connectivity index (χ0v) is 45.1. The van der Waals surface area contributed by atoms with Gasteiger partial charge in [-0.05, 0) is 111 Å². The van der Waals surface area contributed by atoms with Gasteiger partial charge in [-0.1, -0.05) is 246 Å². The van der Waals surface area contributed by atoms with Gasteiger partial charge in [-0.3, -0.25) is 13.6 Å². The van der Waals surface area contributed by atoms with E-state index in [0.717, 1.165) is 80.5 Å². The van der Waals surface area contributed by atoms with Crippen molar-refractivity contribution in [2.75, 3.05) is 13.2 Å². The standard InChI is InChI=1S/C59H111O4P/c1-8-10-12-14-16-18-20-22-24-26-28-30-32-34-47-61-64(60,62-48-35-33-31-29-27-25-23-21-19-17-15-13-11-9-2)63-53-43-45-58(6)52(49-53)39-40-54-56-42-41-55(51(5)38-36-37-50(3)4)59(56,7)46-44-57(54)58/h39,50-51,53-57H,8-38,40-49H2,1-7H3/t51-,53?,54+,55-,56+,57+,58+,59-/m1/s1. The number of hydrogen-bond donors (Lipinski definition) is 0. The molecule has 1 unspecified atom stereocenters. The molecule has 4 aliphatic carbocycles. The van der Waals surface area contributed by atoms with E-state index >= 15 is 0 Å². The normalized spacial score (nSPS) is 27.4. The molecule has 0 N–H and O–H groups in total. The molecule has 0 bridgehead atoms. The van der Waals surface area contributed by atoms with E-state index < -0.39 is 7.82 Å². The minimum atomic E-state index is -3.64. The first-order chi connectivity index (χ1) is 31.1. The second-order valence-electron chi connectivity index (χ2n) is 23.6. The van der Waals surface area contributed by atoms with Gasteiger partial charge in [0, 0.05) is 0 Å². The maximum Gasteiger partial charge on any atom is 0.475 e. The van der Waals surface area contributed by atoms with Crippen molar-refractivity contribution >= 4 is 7.82 Å². The summed E-state index contributed by atoms with van der Waals surface area (Å²) in [5, 5.41) is 0. The largest absolute Gasteiger partial charge is 0.475 e. The first kappa shape index (κ1) is 56.4. The fraction of sp³-hybridized carbons (Fsp3) is 0.966. The first-order valence-electron chi connectivity index (χ1n) is 29.3. The van der Waals surface area contributed by atoms with Crippen molar-refractivity contribution in [1.82, 2.24) is 0 Å². The Morgan fingerprint density at radius 1 is 0.562 bits per heavy atom. The maximum atomic E-state index is 14.5. The lowest BCUT2D eigenvalue weighted by molar-refractivity contribution is -0.0578. The molecule has 3 saturated carbocycles. The SMILES string of the molecule is CCCCCCCCCCCCCCCCOP(=O)(OCCCCCCCCCCCCCCCC)OC1CC[C@@]2(C)C(=CC[C@H]3[C@@H]4CC[C@H]([C@H](C)CCCC(C)C)[C@@]4(C)CC[C@@H]32)C1. The summed E-state index contributed by atoms with van der Waals surface area (Å²) in [6.07, 6.45) is 53.8. The van der Waals surface area contributed by atoms with E-state index in [4.69, 9.17) is 13.6 Å². The Morgan fingerprint density at radius 3 is 1.50 bits per heavy atom. The third-order valence-corrected chi connectivity index (χ3v) is 19.6. The highest BCUT2D eigenvalue weighted by atomic mass is 31.2. The van der Waals surface area contributed by atoms with Crippen LogP contribution >= 0.6 is 7.82 Å². The highest BCUT2D eigenvalue weighted by molar-refractivity contribution is 7.48. The molecule has 3 fully saturated rings. The summed E-state index contributed by atoms with van der Waals surface area (Å²) in [6.45, 7) is 18.2. The summed E-state index contributed by atoms with van der Waals surface area (Å²) in [5.74, 6) is 5.05. The van der Waals surface area contributed by atoms with Gasteiger partial charge >= 0.3 is 7.82 Å². The Hall–Kier alpha value is -0.150. The summed E-state index contributed by atoms with van der Waals surface area (Å²) < 4.78 is 33.5. The second kappa shape index (κ2) is 31.9. The van der Waals surface area contributed by atoms with Crippen LogP contribution in [0.5, 0.6) is 0 Å². The molecule has 5 heteroatoms. The minimum Gasteiger partial charge on any atom is -0.287 e. The van der Waals surface area contributed by atoms with Crippen molar-refractivity contribution in [3.8, 4) is 0 Å².